The van der Waals surface area contributed by atoms with Gasteiger partial charge in [-0.25, -0.2) is 4.79 Å². The molecule has 1 fully saturated rings. The van der Waals surface area contributed by atoms with Crippen molar-refractivity contribution in [1.29, 1.82) is 0 Å². The second-order valence-electron chi connectivity index (χ2n) is 5.00. The largest absolute Gasteiger partial charge is 0.465 e. The number of methoxy groups -OCH3 is 1. The summed E-state index contributed by atoms with van der Waals surface area (Å²) >= 11 is 0. The first-order valence-corrected chi connectivity index (χ1v) is 6.39. The summed E-state index contributed by atoms with van der Waals surface area (Å²) in [5.74, 6) is -0.224. The summed E-state index contributed by atoms with van der Waals surface area (Å²) in [7, 11) is 1.44. The van der Waals surface area contributed by atoms with Gasteiger partial charge in [0.2, 0.25) is 0 Å². The van der Waals surface area contributed by atoms with Gasteiger partial charge in [-0.05, 0) is 37.1 Å². The molecule has 1 spiro atoms. The highest BCUT2D eigenvalue weighted by molar-refractivity contribution is 6.18. The number of fused-ring (bicyclic) bond motifs is 2. The molecule has 0 radical (unpaired) electrons. The molecule has 18 heavy (non-hydrogen) atoms. The highest BCUT2D eigenvalue weighted by Gasteiger charge is 2.40. The van der Waals surface area contributed by atoms with Gasteiger partial charge in [-0.3, -0.25) is 0 Å². The molecule has 1 aromatic rings. The molecular formula is C15H17NO2. The van der Waals surface area contributed by atoms with E-state index in [1.807, 2.05) is 12.1 Å². The Balaban J connectivity index is 2.12. The normalized spacial score (nSPS) is 20.4. The number of rotatable bonds is 1. The van der Waals surface area contributed by atoms with Crippen LogP contribution in [0.2, 0.25) is 0 Å². The van der Waals surface area contributed by atoms with Crippen LogP contribution >= 0.6 is 0 Å². The summed E-state index contributed by atoms with van der Waals surface area (Å²) < 4.78 is 4.90. The minimum absolute atomic E-state index is 0.0331. The molecule has 0 amide bonds. The van der Waals surface area contributed by atoms with E-state index in [2.05, 4.69) is 23.5 Å². The van der Waals surface area contributed by atoms with Gasteiger partial charge >= 0.3 is 5.97 Å². The SMILES string of the molecule is COC(=O)C1=CC2(CCNCC2)c2ccccc21. The smallest absolute Gasteiger partial charge is 0.338 e. The van der Waals surface area contributed by atoms with Crippen LogP contribution in [0.5, 0.6) is 0 Å². The molecule has 3 nitrogen and oxygen atoms in total. The molecule has 94 valence electrons. The fourth-order valence-electron chi connectivity index (χ4n) is 3.15. The molecule has 3 heteroatoms. The maximum atomic E-state index is 11.9. The van der Waals surface area contributed by atoms with Crippen molar-refractivity contribution in [2.24, 2.45) is 0 Å². The van der Waals surface area contributed by atoms with Crippen LogP contribution in [-0.2, 0) is 14.9 Å². The average Bonchev–Trinajstić information content (AvgIpc) is 2.74. The average molecular weight is 243 g/mol. The zero-order chi connectivity index (χ0) is 12.6. The molecule has 3 rings (SSSR count). The zero-order valence-corrected chi connectivity index (χ0v) is 10.5. The predicted molar refractivity (Wildman–Crippen MR) is 70.2 cm³/mol. The Labute approximate surface area is 107 Å². The molecule has 0 saturated carbocycles. The fourth-order valence-corrected chi connectivity index (χ4v) is 3.15. The molecule has 2 aliphatic rings. The van der Waals surface area contributed by atoms with Gasteiger partial charge in [0.15, 0.2) is 0 Å². The summed E-state index contributed by atoms with van der Waals surface area (Å²) in [6.45, 7) is 2.00. The Morgan fingerprint density at radius 3 is 2.72 bits per heavy atom. The van der Waals surface area contributed by atoms with Crippen LogP contribution in [0, 0.1) is 0 Å². The van der Waals surface area contributed by atoms with E-state index in [9.17, 15) is 4.79 Å². The molecule has 0 atom stereocenters. The maximum absolute atomic E-state index is 11.9. The molecule has 0 unspecified atom stereocenters. The van der Waals surface area contributed by atoms with Crippen LogP contribution in [0.4, 0.5) is 0 Å². The number of piperidine rings is 1. The summed E-state index contributed by atoms with van der Waals surface area (Å²) in [4.78, 5) is 11.9. The fraction of sp³-hybridized carbons (Fsp3) is 0.400. The van der Waals surface area contributed by atoms with Crippen LogP contribution in [-0.4, -0.2) is 26.2 Å². The Morgan fingerprint density at radius 2 is 2.00 bits per heavy atom. The van der Waals surface area contributed by atoms with Crippen molar-refractivity contribution in [1.82, 2.24) is 5.32 Å². The number of allylic oxidation sites excluding steroid dienone is 1. The number of carbonyl (C=O) groups excluding carboxylic acids is 1. The monoisotopic (exact) mass is 243 g/mol. The van der Waals surface area contributed by atoms with E-state index in [1.165, 1.54) is 12.7 Å². The number of esters is 1. The van der Waals surface area contributed by atoms with E-state index >= 15 is 0 Å². The molecule has 1 aliphatic heterocycles. The lowest BCUT2D eigenvalue weighted by atomic mass is 9.75. The first-order chi connectivity index (χ1) is 8.77. The summed E-state index contributed by atoms with van der Waals surface area (Å²) in [6, 6.07) is 8.20. The van der Waals surface area contributed by atoms with Gasteiger partial charge in [-0.15, -0.1) is 0 Å². The summed E-state index contributed by atoms with van der Waals surface area (Å²) in [5, 5.41) is 3.38. The third-order valence-electron chi connectivity index (χ3n) is 4.08. The van der Waals surface area contributed by atoms with Gasteiger partial charge in [0.1, 0.15) is 0 Å². The van der Waals surface area contributed by atoms with Gasteiger partial charge in [0, 0.05) is 5.41 Å². The van der Waals surface area contributed by atoms with E-state index < -0.39 is 0 Å². The lowest BCUT2D eigenvalue weighted by molar-refractivity contribution is -0.133. The van der Waals surface area contributed by atoms with Crippen molar-refractivity contribution in [3.8, 4) is 0 Å². The number of carbonyl (C=O) groups is 1. The van der Waals surface area contributed by atoms with Gasteiger partial charge in [0.05, 0.1) is 12.7 Å². The minimum atomic E-state index is -0.224. The van der Waals surface area contributed by atoms with E-state index in [0.717, 1.165) is 37.1 Å². The van der Waals surface area contributed by atoms with Crippen LogP contribution in [0.1, 0.15) is 24.0 Å². The van der Waals surface area contributed by atoms with Crippen molar-refractivity contribution in [2.75, 3.05) is 20.2 Å². The van der Waals surface area contributed by atoms with E-state index in [-0.39, 0.29) is 11.4 Å². The van der Waals surface area contributed by atoms with Crippen molar-refractivity contribution in [3.63, 3.8) is 0 Å². The van der Waals surface area contributed by atoms with Crippen LogP contribution in [0.25, 0.3) is 5.57 Å². The van der Waals surface area contributed by atoms with Crippen LogP contribution in [0.15, 0.2) is 30.3 Å². The number of hydrogen-bond donors (Lipinski definition) is 1. The second kappa shape index (κ2) is 4.25. The van der Waals surface area contributed by atoms with Crippen molar-refractivity contribution in [2.45, 2.75) is 18.3 Å². The Morgan fingerprint density at radius 1 is 1.28 bits per heavy atom. The first-order valence-electron chi connectivity index (χ1n) is 6.39. The van der Waals surface area contributed by atoms with Crippen LogP contribution < -0.4 is 5.32 Å². The van der Waals surface area contributed by atoms with E-state index in [1.54, 1.807) is 0 Å². The summed E-state index contributed by atoms with van der Waals surface area (Å²) in [5.41, 5.74) is 3.10. The Hall–Kier alpha value is -1.61. The van der Waals surface area contributed by atoms with Gasteiger partial charge in [0.25, 0.3) is 0 Å². The number of benzene rings is 1. The van der Waals surface area contributed by atoms with Crippen molar-refractivity contribution >= 4 is 11.5 Å². The predicted octanol–water partition coefficient (Wildman–Crippen LogP) is 1.88. The highest BCUT2D eigenvalue weighted by Crippen LogP contribution is 2.46. The van der Waals surface area contributed by atoms with E-state index in [0.29, 0.717) is 0 Å². The van der Waals surface area contributed by atoms with Gasteiger partial charge < -0.3 is 10.1 Å². The zero-order valence-electron chi connectivity index (χ0n) is 10.5. The Kier molecular flexibility index (Phi) is 2.71. The molecule has 1 saturated heterocycles. The van der Waals surface area contributed by atoms with Gasteiger partial charge in [-0.1, -0.05) is 30.3 Å². The Bertz CT molecular complexity index is 513. The quantitative estimate of drug-likeness (QED) is 0.765. The maximum Gasteiger partial charge on any atom is 0.338 e. The molecule has 1 N–H and O–H groups in total. The lowest BCUT2D eigenvalue weighted by Gasteiger charge is -2.33. The topological polar surface area (TPSA) is 38.3 Å². The molecule has 1 aliphatic carbocycles. The number of ether oxygens (including phenoxy) is 1. The standard InChI is InChI=1S/C15H17NO2/c1-18-14(17)12-10-15(6-8-16-9-7-15)13-5-3-2-4-11(12)13/h2-5,10,16H,6-9H2,1H3. The van der Waals surface area contributed by atoms with Gasteiger partial charge in [-0.2, -0.15) is 0 Å². The molecule has 0 aromatic heterocycles. The third-order valence-corrected chi connectivity index (χ3v) is 4.08. The number of nitrogens with one attached hydrogen (secondary N) is 1. The third kappa shape index (κ3) is 1.58. The first kappa shape index (κ1) is 11.5. The molecule has 1 heterocycles. The lowest BCUT2D eigenvalue weighted by Crippen LogP contribution is -2.37. The van der Waals surface area contributed by atoms with Crippen molar-refractivity contribution < 1.29 is 9.53 Å². The molecular weight excluding hydrogens is 226 g/mol. The second-order valence-corrected chi connectivity index (χ2v) is 5.00. The van der Waals surface area contributed by atoms with E-state index in [4.69, 9.17) is 4.74 Å². The molecule has 1 aromatic carbocycles. The van der Waals surface area contributed by atoms with Crippen molar-refractivity contribution in [3.05, 3.63) is 41.5 Å². The number of hydrogen-bond acceptors (Lipinski definition) is 3. The summed E-state index contributed by atoms with van der Waals surface area (Å²) in [6.07, 6.45) is 4.22. The minimum Gasteiger partial charge on any atom is -0.465 e. The highest BCUT2D eigenvalue weighted by atomic mass is 16.5. The molecule has 0 bridgehead atoms. The van der Waals surface area contributed by atoms with Crippen LogP contribution in [0.3, 0.4) is 0 Å².